The first-order valence-corrected chi connectivity index (χ1v) is 9.81. The largest absolute Gasteiger partial charge is 0.426 e. The lowest BCUT2D eigenvalue weighted by Crippen LogP contribution is -2.43. The van der Waals surface area contributed by atoms with Crippen LogP contribution >= 0.6 is 0 Å². The van der Waals surface area contributed by atoms with Gasteiger partial charge in [0, 0.05) is 6.54 Å². The number of fused-ring (bicyclic) bond motifs is 5. The lowest BCUT2D eigenvalue weighted by atomic mass is 9.95. The SMILES string of the molecule is Nc1cc(C(F)(F)F)c2nc1-c1nnc(o1)C(O)(C(F)(F)F)CCCCCN(CC(F)(F)F)C2=O. The third kappa shape index (κ3) is 5.43. The second kappa shape index (κ2) is 8.83. The van der Waals surface area contributed by atoms with Crippen molar-refractivity contribution >= 4 is 11.6 Å². The second-order valence-electron chi connectivity index (χ2n) is 7.74. The highest BCUT2D eigenvalue weighted by Gasteiger charge is 2.58. The van der Waals surface area contributed by atoms with Crippen LogP contribution in [0, 0.1) is 0 Å². The molecule has 0 spiro atoms. The van der Waals surface area contributed by atoms with Crippen molar-refractivity contribution in [2.45, 2.75) is 49.8 Å². The highest BCUT2D eigenvalue weighted by Crippen LogP contribution is 2.43. The number of halogens is 9. The van der Waals surface area contributed by atoms with E-state index in [0.29, 0.717) is 0 Å². The van der Waals surface area contributed by atoms with Crippen LogP contribution in [0.3, 0.4) is 0 Å². The maximum Gasteiger partial charge on any atom is 0.426 e. The second-order valence-corrected chi connectivity index (χ2v) is 7.74. The van der Waals surface area contributed by atoms with Gasteiger partial charge in [0.15, 0.2) is 5.69 Å². The first kappa shape index (κ1) is 26.5. The van der Waals surface area contributed by atoms with E-state index >= 15 is 0 Å². The Morgan fingerprint density at radius 3 is 2.26 bits per heavy atom. The Morgan fingerprint density at radius 1 is 1.03 bits per heavy atom. The van der Waals surface area contributed by atoms with Crippen LogP contribution in [0.1, 0.15) is 47.6 Å². The molecular weight excluding hydrogens is 505 g/mol. The predicted molar refractivity (Wildman–Crippen MR) is 97.3 cm³/mol. The van der Waals surface area contributed by atoms with Crippen molar-refractivity contribution < 1.29 is 53.8 Å². The third-order valence-electron chi connectivity index (χ3n) is 5.13. The highest BCUT2D eigenvalue weighted by atomic mass is 19.4. The lowest BCUT2D eigenvalue weighted by molar-refractivity contribution is -0.277. The maximum absolute atomic E-state index is 13.6. The van der Waals surface area contributed by atoms with Gasteiger partial charge in [0.05, 0.1) is 11.3 Å². The number of alkyl halides is 9. The zero-order chi connectivity index (χ0) is 26.4. The molecular formula is C18H16F9N5O3. The summed E-state index contributed by atoms with van der Waals surface area (Å²) in [6, 6.07) is 0.174. The molecule has 3 N–H and O–H groups in total. The van der Waals surface area contributed by atoms with E-state index in [4.69, 9.17) is 10.2 Å². The van der Waals surface area contributed by atoms with E-state index in [-0.39, 0.29) is 23.8 Å². The van der Waals surface area contributed by atoms with Crippen LogP contribution in [-0.4, -0.2) is 56.5 Å². The number of nitrogen functional groups attached to an aromatic ring is 1. The number of rotatable bonds is 1. The molecule has 3 rings (SSSR count). The monoisotopic (exact) mass is 521 g/mol. The molecule has 0 radical (unpaired) electrons. The zero-order valence-electron chi connectivity index (χ0n) is 17.4. The molecule has 0 saturated heterocycles. The zero-order valence-corrected chi connectivity index (χ0v) is 17.4. The quantitative estimate of drug-likeness (QED) is 0.544. The van der Waals surface area contributed by atoms with Gasteiger partial charge in [0.2, 0.25) is 5.60 Å². The van der Waals surface area contributed by atoms with Crippen LogP contribution in [0.2, 0.25) is 0 Å². The van der Waals surface area contributed by atoms with Crippen LogP contribution in [-0.2, 0) is 11.8 Å². The molecule has 3 heterocycles. The third-order valence-corrected chi connectivity index (χ3v) is 5.13. The van der Waals surface area contributed by atoms with E-state index in [2.05, 4.69) is 15.2 Å². The topological polar surface area (TPSA) is 118 Å². The molecule has 0 fully saturated rings. The Labute approximate surface area is 189 Å². The minimum atomic E-state index is -5.32. The van der Waals surface area contributed by atoms with Crippen LogP contribution in [0.25, 0.3) is 11.6 Å². The van der Waals surface area contributed by atoms with Gasteiger partial charge in [0.25, 0.3) is 17.7 Å². The number of carbonyl (C=O) groups excluding carboxylic acids is 1. The molecule has 8 nitrogen and oxygen atoms in total. The van der Waals surface area contributed by atoms with Crippen LogP contribution in [0.4, 0.5) is 45.2 Å². The summed E-state index contributed by atoms with van der Waals surface area (Å²) < 4.78 is 126. The maximum atomic E-state index is 13.6. The molecule has 1 aliphatic heterocycles. The van der Waals surface area contributed by atoms with Gasteiger partial charge in [-0.25, -0.2) is 4.98 Å². The molecule has 35 heavy (non-hydrogen) atoms. The molecule has 2 aromatic rings. The molecule has 1 amide bonds. The first-order valence-electron chi connectivity index (χ1n) is 9.81. The highest BCUT2D eigenvalue weighted by molar-refractivity contribution is 5.95. The average Bonchev–Trinajstić information content (AvgIpc) is 3.19. The molecule has 4 bridgehead atoms. The van der Waals surface area contributed by atoms with Crippen LogP contribution in [0.15, 0.2) is 10.5 Å². The Kier molecular flexibility index (Phi) is 6.69. The summed E-state index contributed by atoms with van der Waals surface area (Å²) in [5.41, 5.74) is -3.14. The standard InChI is InChI=1S/C18H16F9N5O3/c19-16(20,21)7-32-5-3-1-2-4-15(34,18(25,26)27)14-31-30-12(35-14)11-9(28)6-8(17(22,23)24)10(29-11)13(32)33/h6,34H,1-5,7,28H2. The van der Waals surface area contributed by atoms with E-state index in [1.807, 2.05) is 0 Å². The molecule has 1 atom stereocenters. The predicted octanol–water partition coefficient (Wildman–Crippen LogP) is 4.06. The number of amides is 1. The molecule has 1 unspecified atom stereocenters. The number of hydrogen-bond donors (Lipinski definition) is 2. The molecule has 2 aromatic heterocycles. The van der Waals surface area contributed by atoms with Gasteiger partial charge in [-0.1, -0.05) is 6.42 Å². The Morgan fingerprint density at radius 2 is 1.69 bits per heavy atom. The fourth-order valence-electron chi connectivity index (χ4n) is 3.41. The number of pyridine rings is 1. The summed E-state index contributed by atoms with van der Waals surface area (Å²) in [6.07, 6.45) is -17.6. The van der Waals surface area contributed by atoms with E-state index < -0.39 is 90.4 Å². The average molecular weight is 521 g/mol. The Hall–Kier alpha value is -3.11. The van der Waals surface area contributed by atoms with Crippen molar-refractivity contribution in [2.24, 2.45) is 0 Å². The van der Waals surface area contributed by atoms with Crippen molar-refractivity contribution in [3.05, 3.63) is 23.2 Å². The van der Waals surface area contributed by atoms with Gasteiger partial charge < -0.3 is 20.2 Å². The minimum absolute atomic E-state index is 0.0541. The Balaban J connectivity index is 2.24. The van der Waals surface area contributed by atoms with Gasteiger partial charge in [-0.05, 0) is 25.3 Å². The van der Waals surface area contributed by atoms with Crippen LogP contribution < -0.4 is 5.73 Å². The van der Waals surface area contributed by atoms with E-state index in [9.17, 15) is 49.4 Å². The summed E-state index contributed by atoms with van der Waals surface area (Å²) in [5.74, 6) is -4.06. The molecule has 17 heteroatoms. The number of hydrogen-bond acceptors (Lipinski definition) is 7. The summed E-state index contributed by atoms with van der Waals surface area (Å²) >= 11 is 0. The van der Waals surface area contributed by atoms with Gasteiger partial charge >= 0.3 is 18.5 Å². The van der Waals surface area contributed by atoms with Gasteiger partial charge in [-0.3, -0.25) is 4.79 Å². The van der Waals surface area contributed by atoms with E-state index in [0.717, 1.165) is 0 Å². The van der Waals surface area contributed by atoms with Gasteiger partial charge in [-0.2, -0.15) is 39.5 Å². The first-order chi connectivity index (χ1) is 15.9. The van der Waals surface area contributed by atoms with Crippen molar-refractivity contribution in [1.82, 2.24) is 20.1 Å². The van der Waals surface area contributed by atoms with E-state index in [1.54, 1.807) is 0 Å². The van der Waals surface area contributed by atoms with Gasteiger partial charge in [-0.15, -0.1) is 10.2 Å². The number of nitrogens with zero attached hydrogens (tertiary/aromatic N) is 4. The summed E-state index contributed by atoms with van der Waals surface area (Å²) in [5, 5.41) is 16.6. The lowest BCUT2D eigenvalue weighted by Gasteiger charge is -2.28. The number of aromatic nitrogens is 3. The Bertz CT molecular complexity index is 1100. The normalized spacial score (nSPS) is 20.6. The fourth-order valence-corrected chi connectivity index (χ4v) is 3.41. The number of anilines is 1. The van der Waals surface area contributed by atoms with Crippen molar-refractivity contribution in [3.63, 3.8) is 0 Å². The number of carbonyl (C=O) groups is 1. The van der Waals surface area contributed by atoms with Crippen molar-refractivity contribution in [3.8, 4) is 11.6 Å². The van der Waals surface area contributed by atoms with Crippen LogP contribution in [0.5, 0.6) is 0 Å². The summed E-state index contributed by atoms with van der Waals surface area (Å²) in [7, 11) is 0. The fraction of sp³-hybridized carbons (Fsp3) is 0.556. The van der Waals surface area contributed by atoms with Crippen molar-refractivity contribution in [1.29, 1.82) is 0 Å². The summed E-state index contributed by atoms with van der Waals surface area (Å²) in [6.45, 7) is -2.69. The smallest absolute Gasteiger partial charge is 0.416 e. The van der Waals surface area contributed by atoms with E-state index in [1.165, 1.54) is 0 Å². The van der Waals surface area contributed by atoms with Gasteiger partial charge in [0.1, 0.15) is 12.2 Å². The molecule has 1 aliphatic rings. The molecule has 0 aliphatic carbocycles. The molecule has 194 valence electrons. The number of aliphatic hydroxyl groups is 1. The number of nitrogens with two attached hydrogens (primary N) is 1. The summed E-state index contributed by atoms with van der Waals surface area (Å²) in [4.78, 5) is 16.2. The molecule has 0 aromatic carbocycles. The minimum Gasteiger partial charge on any atom is -0.416 e. The molecule has 0 saturated carbocycles. The van der Waals surface area contributed by atoms with Crippen molar-refractivity contribution in [2.75, 3.05) is 18.8 Å².